The molecule has 1 heterocycles. The van der Waals surface area contributed by atoms with Crippen molar-refractivity contribution in [2.24, 2.45) is 0 Å². The lowest BCUT2D eigenvalue weighted by molar-refractivity contribution is 0.258. The highest BCUT2D eigenvalue weighted by Gasteiger charge is 2.11. The number of likely N-dealkylation sites (tertiary alicyclic amines) is 1. The topological polar surface area (TPSA) is 18.5 Å². The number of nitrogens with one attached hydrogen (secondary N) is 1. The molecule has 1 saturated heterocycles. The molecule has 0 aromatic rings. The molecule has 3 nitrogen and oxygen atoms in total. The molecule has 0 aromatic carbocycles. The number of likely N-dealkylation sites (N-methyl/N-ethyl adjacent to an activating group) is 2. The summed E-state index contributed by atoms with van der Waals surface area (Å²) >= 11 is 0. The van der Waals surface area contributed by atoms with Gasteiger partial charge in [0.1, 0.15) is 0 Å². The second-order valence-corrected chi connectivity index (χ2v) is 3.96. The summed E-state index contributed by atoms with van der Waals surface area (Å²) in [5.74, 6) is 0. The van der Waals surface area contributed by atoms with E-state index in [1.54, 1.807) is 0 Å². The second kappa shape index (κ2) is 6.35. The number of nitrogens with zero attached hydrogens (tertiary/aromatic N) is 2. The maximum atomic E-state index is 3.17. The van der Waals surface area contributed by atoms with Crippen molar-refractivity contribution in [3.63, 3.8) is 0 Å². The zero-order valence-electron chi connectivity index (χ0n) is 9.05. The summed E-state index contributed by atoms with van der Waals surface area (Å²) in [6, 6.07) is 0. The smallest absolute Gasteiger partial charge is 0.0109 e. The van der Waals surface area contributed by atoms with Gasteiger partial charge in [0.2, 0.25) is 0 Å². The molecule has 1 fully saturated rings. The Balaban J connectivity index is 1.97. The zero-order chi connectivity index (χ0) is 9.52. The van der Waals surface area contributed by atoms with E-state index in [1.165, 1.54) is 39.0 Å². The van der Waals surface area contributed by atoms with E-state index in [4.69, 9.17) is 0 Å². The van der Waals surface area contributed by atoms with E-state index in [0.29, 0.717) is 0 Å². The molecule has 1 aliphatic heterocycles. The highest BCUT2D eigenvalue weighted by molar-refractivity contribution is 4.67. The van der Waals surface area contributed by atoms with Crippen LogP contribution in [0.2, 0.25) is 0 Å². The van der Waals surface area contributed by atoms with Gasteiger partial charge in [0.15, 0.2) is 0 Å². The second-order valence-electron chi connectivity index (χ2n) is 3.96. The predicted octanol–water partition coefficient (Wildman–Crippen LogP) is 0.233. The van der Waals surface area contributed by atoms with Crippen LogP contribution in [0.1, 0.15) is 12.8 Å². The first-order valence-corrected chi connectivity index (χ1v) is 5.38. The monoisotopic (exact) mass is 185 g/mol. The predicted molar refractivity (Wildman–Crippen MR) is 57.1 cm³/mol. The number of rotatable bonds is 6. The van der Waals surface area contributed by atoms with E-state index in [9.17, 15) is 0 Å². The van der Waals surface area contributed by atoms with Gasteiger partial charge in [-0.15, -0.1) is 0 Å². The molecule has 0 aliphatic carbocycles. The fraction of sp³-hybridized carbons (Fsp3) is 1.00. The molecule has 0 atom stereocenters. The Morgan fingerprint density at radius 2 is 1.92 bits per heavy atom. The Labute approximate surface area is 82.1 Å². The van der Waals surface area contributed by atoms with Crippen LogP contribution >= 0.6 is 0 Å². The third-order valence-electron chi connectivity index (χ3n) is 2.74. The first kappa shape index (κ1) is 11.0. The van der Waals surface area contributed by atoms with Crippen molar-refractivity contribution in [3.8, 4) is 0 Å². The van der Waals surface area contributed by atoms with Crippen molar-refractivity contribution in [3.05, 3.63) is 0 Å². The van der Waals surface area contributed by atoms with Gasteiger partial charge in [0, 0.05) is 26.2 Å². The molecule has 0 amide bonds. The molecule has 0 spiro atoms. The van der Waals surface area contributed by atoms with E-state index in [0.717, 1.165) is 13.1 Å². The number of hydrogen-bond donors (Lipinski definition) is 1. The molecule has 0 unspecified atom stereocenters. The van der Waals surface area contributed by atoms with Gasteiger partial charge < -0.3 is 15.1 Å². The van der Waals surface area contributed by atoms with Crippen molar-refractivity contribution >= 4 is 0 Å². The fourth-order valence-corrected chi connectivity index (χ4v) is 1.73. The van der Waals surface area contributed by atoms with Crippen LogP contribution in [0.5, 0.6) is 0 Å². The summed E-state index contributed by atoms with van der Waals surface area (Å²) in [7, 11) is 4.21. The van der Waals surface area contributed by atoms with Crippen LogP contribution in [0.15, 0.2) is 0 Å². The highest BCUT2D eigenvalue weighted by atomic mass is 15.2. The van der Waals surface area contributed by atoms with Crippen molar-refractivity contribution < 1.29 is 0 Å². The molecule has 1 N–H and O–H groups in total. The summed E-state index contributed by atoms with van der Waals surface area (Å²) in [5, 5.41) is 3.17. The maximum absolute atomic E-state index is 3.17. The van der Waals surface area contributed by atoms with Crippen LogP contribution in [0, 0.1) is 0 Å². The largest absolute Gasteiger partial charge is 0.318 e. The van der Waals surface area contributed by atoms with E-state index < -0.39 is 0 Å². The van der Waals surface area contributed by atoms with Gasteiger partial charge in [0.05, 0.1) is 0 Å². The first-order valence-electron chi connectivity index (χ1n) is 5.38. The van der Waals surface area contributed by atoms with Crippen molar-refractivity contribution in [2.45, 2.75) is 12.8 Å². The first-order chi connectivity index (χ1) is 6.33. The van der Waals surface area contributed by atoms with Gasteiger partial charge in [-0.2, -0.15) is 0 Å². The SMILES string of the molecule is CNCCN(C)CCN1CCCC1. The molecule has 0 aromatic heterocycles. The summed E-state index contributed by atoms with van der Waals surface area (Å²) in [6.45, 7) is 7.35. The van der Waals surface area contributed by atoms with Crippen LogP contribution in [0.3, 0.4) is 0 Å². The van der Waals surface area contributed by atoms with Crippen molar-refractivity contribution in [2.75, 3.05) is 53.4 Å². The quantitative estimate of drug-likeness (QED) is 0.639. The molecular weight excluding hydrogens is 162 g/mol. The minimum Gasteiger partial charge on any atom is -0.318 e. The molecule has 0 saturated carbocycles. The van der Waals surface area contributed by atoms with Gasteiger partial charge in [-0.25, -0.2) is 0 Å². The third kappa shape index (κ3) is 4.60. The van der Waals surface area contributed by atoms with Gasteiger partial charge in [-0.3, -0.25) is 0 Å². The molecule has 3 heteroatoms. The molecule has 78 valence electrons. The van der Waals surface area contributed by atoms with Gasteiger partial charge in [-0.1, -0.05) is 0 Å². The van der Waals surface area contributed by atoms with Crippen LogP contribution in [0.4, 0.5) is 0 Å². The lowest BCUT2D eigenvalue weighted by atomic mass is 10.4. The molecule has 1 aliphatic rings. The lowest BCUT2D eigenvalue weighted by Crippen LogP contribution is -2.34. The lowest BCUT2D eigenvalue weighted by Gasteiger charge is -2.20. The van der Waals surface area contributed by atoms with Gasteiger partial charge in [0.25, 0.3) is 0 Å². The Hall–Kier alpha value is -0.120. The normalized spacial score (nSPS) is 18.7. The maximum Gasteiger partial charge on any atom is 0.0109 e. The van der Waals surface area contributed by atoms with Crippen LogP contribution in [-0.4, -0.2) is 63.2 Å². The van der Waals surface area contributed by atoms with Crippen LogP contribution < -0.4 is 5.32 Å². The third-order valence-corrected chi connectivity index (χ3v) is 2.74. The highest BCUT2D eigenvalue weighted by Crippen LogP contribution is 2.06. The van der Waals surface area contributed by atoms with E-state index >= 15 is 0 Å². The fourth-order valence-electron chi connectivity index (χ4n) is 1.73. The molecular formula is C10H23N3. The van der Waals surface area contributed by atoms with Crippen molar-refractivity contribution in [1.29, 1.82) is 0 Å². The average Bonchev–Trinajstić information content (AvgIpc) is 2.64. The van der Waals surface area contributed by atoms with E-state index in [1.807, 2.05) is 7.05 Å². The Bertz CT molecular complexity index is 121. The van der Waals surface area contributed by atoms with Gasteiger partial charge >= 0.3 is 0 Å². The minimum atomic E-state index is 1.09. The standard InChI is InChI=1S/C10H23N3/c1-11-5-8-12(2)9-10-13-6-3-4-7-13/h11H,3-10H2,1-2H3. The van der Waals surface area contributed by atoms with E-state index in [-0.39, 0.29) is 0 Å². The number of hydrogen-bond acceptors (Lipinski definition) is 3. The van der Waals surface area contributed by atoms with E-state index in [2.05, 4.69) is 22.2 Å². The summed E-state index contributed by atoms with van der Waals surface area (Å²) < 4.78 is 0. The van der Waals surface area contributed by atoms with Crippen LogP contribution in [-0.2, 0) is 0 Å². The Morgan fingerprint density at radius 3 is 2.54 bits per heavy atom. The summed E-state index contributed by atoms with van der Waals surface area (Å²) in [4.78, 5) is 4.96. The zero-order valence-corrected chi connectivity index (χ0v) is 9.05. The Kier molecular flexibility index (Phi) is 5.35. The molecule has 13 heavy (non-hydrogen) atoms. The summed E-state index contributed by atoms with van der Waals surface area (Å²) in [5.41, 5.74) is 0. The van der Waals surface area contributed by atoms with Gasteiger partial charge in [-0.05, 0) is 40.0 Å². The average molecular weight is 185 g/mol. The van der Waals surface area contributed by atoms with Crippen molar-refractivity contribution in [1.82, 2.24) is 15.1 Å². The molecule has 0 bridgehead atoms. The molecule has 0 radical (unpaired) electrons. The molecule has 1 rings (SSSR count). The summed E-state index contributed by atoms with van der Waals surface area (Å²) in [6.07, 6.45) is 2.81. The Morgan fingerprint density at radius 1 is 1.23 bits per heavy atom. The minimum absolute atomic E-state index is 1.09. The van der Waals surface area contributed by atoms with Crippen LogP contribution in [0.25, 0.3) is 0 Å².